The maximum Gasteiger partial charge on any atom is 0.269 e. The third-order valence-corrected chi connectivity index (χ3v) is 4.39. The Kier molecular flexibility index (Phi) is 6.01. The van der Waals surface area contributed by atoms with Gasteiger partial charge in [-0.25, -0.2) is 0 Å². The van der Waals surface area contributed by atoms with Gasteiger partial charge in [0.15, 0.2) is 5.78 Å². The van der Waals surface area contributed by atoms with Gasteiger partial charge >= 0.3 is 0 Å². The zero-order chi connectivity index (χ0) is 19.9. The van der Waals surface area contributed by atoms with Crippen molar-refractivity contribution in [2.45, 2.75) is 6.42 Å². The first-order chi connectivity index (χ1) is 13.5. The van der Waals surface area contributed by atoms with E-state index in [-0.39, 0.29) is 17.4 Å². The summed E-state index contributed by atoms with van der Waals surface area (Å²) in [6.45, 7) is 0. The highest BCUT2D eigenvalue weighted by atomic mass is 16.6. The molecule has 0 aromatic heterocycles. The second kappa shape index (κ2) is 8.81. The third kappa shape index (κ3) is 4.94. The molecule has 0 saturated heterocycles. The van der Waals surface area contributed by atoms with Crippen molar-refractivity contribution in [1.82, 2.24) is 4.90 Å². The van der Waals surface area contributed by atoms with Crippen molar-refractivity contribution in [1.29, 1.82) is 0 Å². The summed E-state index contributed by atoms with van der Waals surface area (Å²) in [4.78, 5) is 24.4. The summed E-state index contributed by atoms with van der Waals surface area (Å²) in [6.07, 6.45) is 18.9. The Balaban J connectivity index is 1.56. The van der Waals surface area contributed by atoms with E-state index in [0.717, 1.165) is 16.9 Å². The van der Waals surface area contributed by atoms with Crippen LogP contribution in [0.1, 0.15) is 12.0 Å². The van der Waals surface area contributed by atoms with Gasteiger partial charge in [0.2, 0.25) is 0 Å². The number of allylic oxidation sites excluding steroid dienone is 7. The van der Waals surface area contributed by atoms with Crippen LogP contribution in [0.4, 0.5) is 5.69 Å². The monoisotopic (exact) mass is 376 g/mol. The van der Waals surface area contributed by atoms with Gasteiger partial charge in [-0.15, -0.1) is 0 Å². The van der Waals surface area contributed by atoms with Crippen LogP contribution in [-0.2, 0) is 9.53 Å². The lowest BCUT2D eigenvalue weighted by Crippen LogP contribution is -2.12. The van der Waals surface area contributed by atoms with Crippen LogP contribution in [0, 0.1) is 16.0 Å². The number of nitrogens with zero attached hydrogens (tertiary/aromatic N) is 2. The van der Waals surface area contributed by atoms with Gasteiger partial charge < -0.3 is 9.64 Å². The van der Waals surface area contributed by atoms with E-state index < -0.39 is 4.92 Å². The number of hydrogen-bond acceptors (Lipinski definition) is 5. The van der Waals surface area contributed by atoms with Crippen molar-refractivity contribution < 1.29 is 14.5 Å². The van der Waals surface area contributed by atoms with Gasteiger partial charge in [0.05, 0.1) is 12.0 Å². The molecule has 1 unspecified atom stereocenters. The van der Waals surface area contributed by atoms with Gasteiger partial charge in [-0.1, -0.05) is 6.08 Å². The zero-order valence-corrected chi connectivity index (χ0v) is 15.4. The quantitative estimate of drug-likeness (QED) is 0.415. The number of ether oxygens (including phenoxy) is 1. The number of hydrogen-bond donors (Lipinski definition) is 0. The van der Waals surface area contributed by atoms with E-state index in [4.69, 9.17) is 4.74 Å². The molecule has 0 saturated carbocycles. The number of benzene rings is 1. The maximum atomic E-state index is 12.3. The van der Waals surface area contributed by atoms with Gasteiger partial charge in [-0.3, -0.25) is 14.9 Å². The molecule has 0 amide bonds. The molecule has 1 aromatic carbocycles. The molecule has 1 aliphatic carbocycles. The highest BCUT2D eigenvalue weighted by Crippen LogP contribution is 2.19. The first-order valence-electron chi connectivity index (χ1n) is 8.79. The second-order valence-corrected chi connectivity index (χ2v) is 6.30. The molecule has 1 heterocycles. The molecule has 0 radical (unpaired) electrons. The second-order valence-electron chi connectivity index (χ2n) is 6.30. The van der Waals surface area contributed by atoms with Crippen LogP contribution in [0.2, 0.25) is 0 Å². The molecule has 1 aromatic rings. The van der Waals surface area contributed by atoms with Crippen LogP contribution in [0.15, 0.2) is 90.7 Å². The molecule has 2 aliphatic rings. The summed E-state index contributed by atoms with van der Waals surface area (Å²) in [5.74, 6) is 0.657. The van der Waals surface area contributed by atoms with Gasteiger partial charge in [0, 0.05) is 36.7 Å². The minimum atomic E-state index is -0.418. The van der Waals surface area contributed by atoms with Crippen molar-refractivity contribution >= 4 is 17.5 Å². The molecule has 1 atom stereocenters. The molecular formula is C22H20N2O4. The normalized spacial score (nSPS) is 18.3. The third-order valence-electron chi connectivity index (χ3n) is 4.39. The highest BCUT2D eigenvalue weighted by molar-refractivity contribution is 5.93. The average Bonchev–Trinajstić information content (AvgIpc) is 2.73. The van der Waals surface area contributed by atoms with E-state index in [1.54, 1.807) is 36.4 Å². The number of rotatable bonds is 6. The summed E-state index contributed by atoms with van der Waals surface area (Å²) in [5, 5.41) is 10.7. The Labute approximate surface area is 163 Å². The SMILES string of the molecule is COC1=CCC(C(=O)/C=C/N2C=CC(=Cc3ccc([N+](=O)[O-])cc3)C=C2)C=C1. The largest absolute Gasteiger partial charge is 0.497 e. The van der Waals surface area contributed by atoms with E-state index in [2.05, 4.69) is 0 Å². The summed E-state index contributed by atoms with van der Waals surface area (Å²) >= 11 is 0. The molecule has 0 bridgehead atoms. The first kappa shape index (κ1) is 19.1. The number of ketones is 1. The van der Waals surface area contributed by atoms with Crippen molar-refractivity contribution in [3.63, 3.8) is 0 Å². The molecule has 142 valence electrons. The van der Waals surface area contributed by atoms with Crippen LogP contribution in [0.25, 0.3) is 6.08 Å². The minimum absolute atomic E-state index is 0.0386. The van der Waals surface area contributed by atoms with E-state index >= 15 is 0 Å². The standard InChI is InChI=1S/C22H20N2O4/c1-28-21-8-4-19(5-9-21)22(25)12-15-23-13-10-18(11-14-23)16-17-2-6-20(7-3-17)24(26)27/h2-4,6-16,19H,5H2,1H3/b15-12+. The number of carbonyl (C=O) groups excluding carboxylic acids is 1. The van der Waals surface area contributed by atoms with Crippen molar-refractivity contribution in [2.24, 2.45) is 5.92 Å². The number of nitro benzene ring substituents is 1. The molecule has 1 aliphatic heterocycles. The molecule has 6 heteroatoms. The van der Waals surface area contributed by atoms with Crippen LogP contribution in [0.5, 0.6) is 0 Å². The number of nitro groups is 1. The van der Waals surface area contributed by atoms with Crippen LogP contribution in [-0.4, -0.2) is 22.7 Å². The predicted octanol–water partition coefficient (Wildman–Crippen LogP) is 4.51. The molecular weight excluding hydrogens is 356 g/mol. The Bertz CT molecular complexity index is 918. The predicted molar refractivity (Wildman–Crippen MR) is 108 cm³/mol. The summed E-state index contributed by atoms with van der Waals surface area (Å²) in [7, 11) is 1.61. The van der Waals surface area contributed by atoms with Crippen LogP contribution >= 0.6 is 0 Å². The fourth-order valence-corrected chi connectivity index (χ4v) is 2.78. The highest BCUT2D eigenvalue weighted by Gasteiger charge is 2.15. The summed E-state index contributed by atoms with van der Waals surface area (Å²) in [5.41, 5.74) is 1.90. The van der Waals surface area contributed by atoms with Gasteiger partial charge in [-0.05, 0) is 66.1 Å². The van der Waals surface area contributed by atoms with Gasteiger partial charge in [0.1, 0.15) is 5.76 Å². The van der Waals surface area contributed by atoms with E-state index in [9.17, 15) is 14.9 Å². The fourth-order valence-electron chi connectivity index (χ4n) is 2.78. The Morgan fingerprint density at radius 3 is 2.50 bits per heavy atom. The number of carbonyl (C=O) groups is 1. The molecule has 0 spiro atoms. The fraction of sp³-hybridized carbons (Fsp3) is 0.136. The number of methoxy groups -OCH3 is 1. The minimum Gasteiger partial charge on any atom is -0.497 e. The molecule has 6 nitrogen and oxygen atoms in total. The van der Waals surface area contributed by atoms with Crippen molar-refractivity contribution in [2.75, 3.05) is 7.11 Å². The maximum absolute atomic E-state index is 12.3. The van der Waals surface area contributed by atoms with Crippen molar-refractivity contribution in [3.05, 3.63) is 106 Å². The molecule has 3 rings (SSSR count). The van der Waals surface area contributed by atoms with Crippen LogP contribution < -0.4 is 0 Å². The van der Waals surface area contributed by atoms with E-state index in [1.165, 1.54) is 12.1 Å². The molecule has 0 N–H and O–H groups in total. The number of non-ortho nitro benzene ring substituents is 1. The van der Waals surface area contributed by atoms with E-state index in [1.807, 2.05) is 48.9 Å². The Morgan fingerprint density at radius 1 is 1.21 bits per heavy atom. The lowest BCUT2D eigenvalue weighted by Gasteiger charge is -2.15. The summed E-state index contributed by atoms with van der Waals surface area (Å²) < 4.78 is 5.13. The first-order valence-corrected chi connectivity index (χ1v) is 8.79. The average molecular weight is 376 g/mol. The Hall–Kier alpha value is -3.67. The lowest BCUT2D eigenvalue weighted by molar-refractivity contribution is -0.384. The smallest absolute Gasteiger partial charge is 0.269 e. The van der Waals surface area contributed by atoms with Crippen molar-refractivity contribution in [3.8, 4) is 0 Å². The zero-order valence-electron chi connectivity index (χ0n) is 15.4. The van der Waals surface area contributed by atoms with Crippen LogP contribution in [0.3, 0.4) is 0 Å². The topological polar surface area (TPSA) is 72.7 Å². The Morgan fingerprint density at radius 2 is 1.93 bits per heavy atom. The van der Waals surface area contributed by atoms with Gasteiger partial charge in [0.25, 0.3) is 5.69 Å². The molecule has 28 heavy (non-hydrogen) atoms. The lowest BCUT2D eigenvalue weighted by atomic mass is 9.95. The molecule has 0 fully saturated rings. The van der Waals surface area contributed by atoms with E-state index in [0.29, 0.717) is 6.42 Å². The van der Waals surface area contributed by atoms with Gasteiger partial charge in [-0.2, -0.15) is 0 Å². The summed E-state index contributed by atoms with van der Waals surface area (Å²) in [6, 6.07) is 6.37.